The number of hydrogen-bond acceptors (Lipinski definition) is 9. The van der Waals surface area contributed by atoms with Gasteiger partial charge in [0.1, 0.15) is 0 Å². The number of rotatable bonds is 1. The predicted octanol–water partition coefficient (Wildman–Crippen LogP) is 25.8. The number of benzene rings is 8. The molecule has 0 radical (unpaired) electrons. The van der Waals surface area contributed by atoms with Crippen molar-refractivity contribution in [2.75, 3.05) is 5.73 Å². The van der Waals surface area contributed by atoms with Gasteiger partial charge in [0, 0.05) is 75.8 Å². The van der Waals surface area contributed by atoms with Crippen LogP contribution in [0.1, 0.15) is 280 Å². The summed E-state index contributed by atoms with van der Waals surface area (Å²) in [4.78, 5) is 0. The maximum absolute atomic E-state index is 5.90. The molecule has 8 aromatic heterocycles. The fraction of sp³-hybridized carbons (Fsp3) is 0.451. The number of fused-ring (bicyclic) bond motifs is 8. The molecule has 7 N–H and O–H groups in total. The highest BCUT2D eigenvalue weighted by atomic mass is 15.3. The fourth-order valence-corrected chi connectivity index (χ4v) is 18.4. The lowest BCUT2D eigenvalue weighted by atomic mass is 9.81. The minimum atomic E-state index is 0.0849. The summed E-state index contributed by atoms with van der Waals surface area (Å²) >= 11 is 0. The summed E-state index contributed by atoms with van der Waals surface area (Å²) in [7, 11) is 6.03. The number of hydrogen-bond donors (Lipinski definition) is 6. The van der Waals surface area contributed by atoms with Gasteiger partial charge in [-0.15, -0.1) is 0 Å². The topological polar surface area (TPSA) is 223 Å². The average Bonchev–Trinajstić information content (AvgIpc) is 1.48. The van der Waals surface area contributed by atoms with Crippen LogP contribution in [0.5, 0.6) is 0 Å². The molecule has 17 rings (SSSR count). The minimum absolute atomic E-state index is 0.0849. The van der Waals surface area contributed by atoms with Gasteiger partial charge in [-0.3, -0.25) is 39.5 Å². The first-order chi connectivity index (χ1) is 55.1. The van der Waals surface area contributed by atoms with Crippen LogP contribution in [0, 0.1) is 55.4 Å². The van der Waals surface area contributed by atoms with E-state index in [9.17, 15) is 0 Å². The molecule has 0 amide bonds. The van der Waals surface area contributed by atoms with E-state index in [4.69, 9.17) is 5.73 Å². The van der Waals surface area contributed by atoms with Crippen molar-refractivity contribution in [2.45, 2.75) is 284 Å². The van der Waals surface area contributed by atoms with E-state index >= 15 is 0 Å². The second kappa shape index (κ2) is 34.2. The molecule has 8 heterocycles. The Morgan fingerprint density at radius 2 is 0.546 bits per heavy atom. The molecule has 0 spiro atoms. The number of aromatic amines is 5. The third kappa shape index (κ3) is 20.1. The van der Waals surface area contributed by atoms with E-state index in [1.54, 1.807) is 0 Å². The summed E-state index contributed by atoms with van der Waals surface area (Å²) in [6.45, 7) is 71.2. The first-order valence-corrected chi connectivity index (χ1v) is 42.4. The number of H-pyrrole nitrogens is 5. The zero-order chi connectivity index (χ0) is 88.1. The van der Waals surface area contributed by atoms with Gasteiger partial charge in [0.05, 0.1) is 81.3 Å². The monoisotopic (exact) mass is 1600 g/mol. The van der Waals surface area contributed by atoms with E-state index in [-0.39, 0.29) is 43.3 Å². The van der Waals surface area contributed by atoms with Crippen molar-refractivity contribution >= 4 is 93.0 Å². The van der Waals surface area contributed by atoms with Gasteiger partial charge in [0.25, 0.3) is 0 Å². The maximum atomic E-state index is 5.90. The van der Waals surface area contributed by atoms with Gasteiger partial charge in [0.2, 0.25) is 0 Å². The van der Waals surface area contributed by atoms with Crippen LogP contribution in [-0.4, -0.2) is 80.3 Å². The standard InChI is InChI=1S/C15H20N2.3C13H18N2.C12H17N3.3C12H16N2/c1-9-5-8-11-12(13(9)15(2,3)4)14(17-16-11)10-6-7-10;3*1-9-6-7-10-8-14-15(5)12(10)11(9)13(2,3)4;1-7-5-6-8-9(11(13)15-14-8)10(7)12(2,3)4;3*1-8-5-6-10-9(7-13-14-10)11(8)12(2,3)4/h5,8,10H,6-7H2,1-4H3,(H,16,17);3*6-8H,1-5H3;5-6H,1-4H3,(H3,13,14,15);3*5-7H,1-4H3,(H,13,14). The molecule has 1 aliphatic rings. The molecule has 1 aliphatic carbocycles. The van der Waals surface area contributed by atoms with Gasteiger partial charge in [0.15, 0.2) is 5.82 Å². The number of aryl methyl sites for hydroxylation is 11. The molecule has 0 bridgehead atoms. The van der Waals surface area contributed by atoms with Gasteiger partial charge in [-0.1, -0.05) is 233 Å². The van der Waals surface area contributed by atoms with Crippen LogP contribution in [0.3, 0.4) is 0 Å². The Bertz CT molecular complexity index is 5640. The van der Waals surface area contributed by atoms with Crippen molar-refractivity contribution in [1.29, 1.82) is 0 Å². The highest BCUT2D eigenvalue weighted by molar-refractivity contribution is 5.94. The number of nitrogen functional groups attached to an aromatic ring is 1. The summed E-state index contributed by atoms with van der Waals surface area (Å²) in [6, 6.07) is 34.2. The van der Waals surface area contributed by atoms with Crippen LogP contribution in [0.15, 0.2) is 134 Å². The molecule has 17 nitrogen and oxygen atoms in total. The molecule has 17 heteroatoms. The molecule has 0 atom stereocenters. The Labute approximate surface area is 708 Å². The average molecular weight is 1600 g/mol. The number of aromatic nitrogens is 16. The molecule has 1 saturated carbocycles. The van der Waals surface area contributed by atoms with Crippen molar-refractivity contribution in [3.05, 3.63) is 229 Å². The lowest BCUT2D eigenvalue weighted by molar-refractivity contribution is 0.586. The summed E-state index contributed by atoms with van der Waals surface area (Å²) in [6.07, 6.45) is 14.2. The first-order valence-electron chi connectivity index (χ1n) is 42.4. The molecule has 632 valence electrons. The summed E-state index contributed by atoms with van der Waals surface area (Å²) < 4.78 is 5.93. The zero-order valence-corrected chi connectivity index (χ0v) is 78.7. The molecule has 0 saturated heterocycles. The first kappa shape index (κ1) is 90.6. The Hall–Kier alpha value is -10.7. The number of nitrogens with zero attached hydrogens (tertiary/aromatic N) is 11. The molecule has 0 aliphatic heterocycles. The van der Waals surface area contributed by atoms with Gasteiger partial charge in [-0.05, 0) is 231 Å². The second-order valence-corrected chi connectivity index (χ2v) is 41.5. The molecule has 8 aromatic carbocycles. The largest absolute Gasteiger partial charge is 0.382 e. The molecular formula is C102H139N17. The van der Waals surface area contributed by atoms with Crippen molar-refractivity contribution in [1.82, 2.24) is 80.3 Å². The third-order valence-electron chi connectivity index (χ3n) is 22.7. The molecule has 119 heavy (non-hydrogen) atoms. The Kier molecular flexibility index (Phi) is 26.1. The Balaban J connectivity index is 0.000000143. The van der Waals surface area contributed by atoms with Gasteiger partial charge in [-0.2, -0.15) is 40.8 Å². The number of anilines is 1. The third-order valence-corrected chi connectivity index (χ3v) is 22.7. The van der Waals surface area contributed by atoms with Crippen LogP contribution >= 0.6 is 0 Å². The highest BCUT2D eigenvalue weighted by Gasteiger charge is 2.33. The van der Waals surface area contributed by atoms with Crippen LogP contribution in [0.25, 0.3) is 87.2 Å². The van der Waals surface area contributed by atoms with Gasteiger partial charge < -0.3 is 5.73 Å². The smallest absolute Gasteiger partial charge is 0.153 e. The Morgan fingerprint density at radius 3 is 0.840 bits per heavy atom. The van der Waals surface area contributed by atoms with E-state index in [1.807, 2.05) is 78.4 Å². The van der Waals surface area contributed by atoms with E-state index in [1.165, 1.54) is 162 Å². The van der Waals surface area contributed by atoms with Gasteiger partial charge >= 0.3 is 0 Å². The maximum Gasteiger partial charge on any atom is 0.153 e. The van der Waals surface area contributed by atoms with Crippen molar-refractivity contribution in [3.8, 4) is 0 Å². The minimum Gasteiger partial charge on any atom is -0.382 e. The van der Waals surface area contributed by atoms with Crippen molar-refractivity contribution in [3.63, 3.8) is 0 Å². The summed E-state index contributed by atoms with van der Waals surface area (Å²) in [5.74, 6) is 1.32. The lowest BCUT2D eigenvalue weighted by Crippen LogP contribution is -2.15. The SMILES string of the molecule is Cc1ccc2[nH]nc(N)c2c1C(C)(C)C.Cc1ccc2[nH]ncc2c1C(C)(C)C.Cc1ccc2[nH]ncc2c1C(C)(C)C.Cc1ccc2[nH]ncc2c1C(C)(C)C.Cc1ccc2cnn(C)c2c1C(C)(C)C.Cc1ccc2cnn(C)c2c1C(C)(C)C.Cc1ccc2cnn(C)c2c1C(C)(C)C.Cc1ccc2n[nH]c(C3CC3)c2c1C(C)(C)C. The van der Waals surface area contributed by atoms with Gasteiger partial charge in [-0.25, -0.2) is 0 Å². The van der Waals surface area contributed by atoms with Crippen LogP contribution < -0.4 is 5.73 Å². The quantitative estimate of drug-likeness (QED) is 0.0918. The lowest BCUT2D eigenvalue weighted by Gasteiger charge is -2.23. The number of nitrogens with one attached hydrogen (secondary N) is 5. The van der Waals surface area contributed by atoms with E-state index < -0.39 is 0 Å². The van der Waals surface area contributed by atoms with E-state index in [2.05, 4.69) is 379 Å². The molecule has 0 unspecified atom stereocenters. The fourth-order valence-electron chi connectivity index (χ4n) is 18.4. The molecule has 1 fully saturated rings. The van der Waals surface area contributed by atoms with Crippen LogP contribution in [0.2, 0.25) is 0 Å². The highest BCUT2D eigenvalue weighted by Crippen LogP contribution is 2.46. The molecular weight excluding hydrogens is 1460 g/mol. The van der Waals surface area contributed by atoms with Crippen LogP contribution in [0.4, 0.5) is 5.82 Å². The van der Waals surface area contributed by atoms with Crippen molar-refractivity contribution in [2.24, 2.45) is 21.1 Å². The van der Waals surface area contributed by atoms with Crippen LogP contribution in [-0.2, 0) is 64.5 Å². The summed E-state index contributed by atoms with van der Waals surface area (Å²) in [5, 5.41) is 58.9. The Morgan fingerprint density at radius 1 is 0.286 bits per heavy atom. The predicted molar refractivity (Wildman–Crippen MR) is 506 cm³/mol. The number of nitrogens with two attached hydrogens (primary N) is 1. The summed E-state index contributed by atoms with van der Waals surface area (Å²) in [5.41, 5.74) is 39.7. The van der Waals surface area contributed by atoms with E-state index in [0.29, 0.717) is 5.82 Å². The molecule has 16 aromatic rings. The second-order valence-electron chi connectivity index (χ2n) is 41.5. The normalized spacial score (nSPS) is 12.9. The zero-order valence-electron chi connectivity index (χ0n) is 78.7. The van der Waals surface area contributed by atoms with E-state index in [0.717, 1.165) is 38.9 Å². The van der Waals surface area contributed by atoms with Crippen molar-refractivity contribution < 1.29 is 0 Å².